The summed E-state index contributed by atoms with van der Waals surface area (Å²) < 4.78 is 11.3. The van der Waals surface area contributed by atoms with E-state index in [4.69, 9.17) is 19.4 Å². The van der Waals surface area contributed by atoms with Gasteiger partial charge in [0.25, 0.3) is 0 Å². The quantitative estimate of drug-likeness (QED) is 0.135. The van der Waals surface area contributed by atoms with Crippen LogP contribution in [-0.4, -0.2) is 24.1 Å². The molecule has 0 unspecified atom stereocenters. The molecule has 4 aromatic heterocycles. The van der Waals surface area contributed by atoms with E-state index >= 15 is 0 Å². The molecule has 0 aliphatic rings. The van der Waals surface area contributed by atoms with Crippen LogP contribution in [0.3, 0.4) is 0 Å². The van der Waals surface area contributed by atoms with Gasteiger partial charge in [-0.1, -0.05) is 206 Å². The van der Waals surface area contributed by atoms with Crippen LogP contribution in [-0.2, 0) is 0 Å². The molecule has 0 amide bonds. The first-order valence-corrected chi connectivity index (χ1v) is 26.4. The molecule has 0 saturated carbocycles. The summed E-state index contributed by atoms with van der Waals surface area (Å²) >= 11 is 0. The summed E-state index contributed by atoms with van der Waals surface area (Å²) in [7, 11) is 0. The van der Waals surface area contributed by atoms with Crippen LogP contribution in [0.2, 0.25) is 0 Å². The van der Waals surface area contributed by atoms with E-state index in [0.29, 0.717) is 39.7 Å². The summed E-state index contributed by atoms with van der Waals surface area (Å²) in [6.45, 7) is 0. The van der Waals surface area contributed by atoms with Gasteiger partial charge in [-0.2, -0.15) is 0 Å². The predicted molar refractivity (Wildman–Crippen MR) is 323 cm³/mol. The summed E-state index contributed by atoms with van der Waals surface area (Å²) in [6, 6.07) is 94.3. The lowest BCUT2D eigenvalue weighted by Gasteiger charge is -2.18. The second kappa shape index (κ2) is 18.8. The molecule has 370 valence electrons. The van der Waals surface area contributed by atoms with Crippen molar-refractivity contribution in [1.82, 2.24) is 24.1 Å². The Morgan fingerprint density at radius 2 is 0.582 bits per heavy atom. The largest absolute Gasteiger partial charge is 0.420 e. The molecule has 11 aromatic carbocycles. The first kappa shape index (κ1) is 45.6. The van der Waals surface area contributed by atoms with Gasteiger partial charge in [-0.25, -0.2) is 19.7 Å². The smallest absolute Gasteiger partial charge is 0.337 e. The van der Waals surface area contributed by atoms with Crippen LogP contribution >= 0.6 is 0 Å². The van der Waals surface area contributed by atoms with E-state index in [1.165, 1.54) is 0 Å². The summed E-state index contributed by atoms with van der Waals surface area (Å²) in [5.41, 5.74) is 16.3. The van der Waals surface area contributed by atoms with Crippen LogP contribution in [0.15, 0.2) is 282 Å². The Morgan fingerprint density at radius 3 is 0.937 bits per heavy atom. The van der Waals surface area contributed by atoms with Crippen molar-refractivity contribution in [3.8, 4) is 90.0 Å². The Balaban J connectivity index is 1.07. The van der Waals surface area contributed by atoms with Gasteiger partial charge in [0, 0.05) is 44.3 Å². The zero-order valence-electron chi connectivity index (χ0n) is 42.5. The Labute approximate surface area is 454 Å². The molecule has 0 spiro atoms. The second-order valence-electron chi connectivity index (χ2n) is 19.9. The van der Waals surface area contributed by atoms with E-state index in [9.17, 15) is 4.79 Å². The minimum absolute atomic E-state index is 0.338. The zero-order valence-corrected chi connectivity index (χ0v) is 42.5. The topological polar surface area (TPSA) is 78.7 Å². The fourth-order valence-corrected chi connectivity index (χ4v) is 11.5. The van der Waals surface area contributed by atoms with Crippen LogP contribution in [0, 0.1) is 0 Å². The molecular weight excluding hydrogens is 967 g/mol. The third kappa shape index (κ3) is 7.91. The minimum Gasteiger partial charge on any atom is -0.420 e. The molecule has 4 heterocycles. The highest BCUT2D eigenvalue weighted by atomic mass is 16.4. The number of aromatic nitrogens is 5. The Morgan fingerprint density at radius 1 is 0.278 bits per heavy atom. The summed E-state index contributed by atoms with van der Waals surface area (Å²) in [6.07, 6.45) is 0. The molecule has 7 nitrogen and oxygen atoms in total. The number of benzene rings is 11. The van der Waals surface area contributed by atoms with E-state index in [2.05, 4.69) is 191 Å². The normalized spacial score (nSPS) is 11.6. The summed E-state index contributed by atoms with van der Waals surface area (Å²) in [5, 5.41) is 4.94. The fraction of sp³-hybridized carbons (Fsp3) is 0. The van der Waals surface area contributed by atoms with Crippen molar-refractivity contribution in [2.75, 3.05) is 0 Å². The lowest BCUT2D eigenvalue weighted by atomic mass is 10.0. The SMILES string of the molecule is O=c1cc(-c2nc(-c3ccccc3)nc(-c3ccccc3)n2)c2c(-n3c4ccc(-c5ccccc5)cc4c4cc(-c5ccccc5)ccc43)ccc(-n3c4ccc(-c5ccccc5)cc4c4cc(-c5ccccc5)ccc43)c2o1. The van der Waals surface area contributed by atoms with Crippen molar-refractivity contribution in [3.05, 3.63) is 283 Å². The molecule has 0 fully saturated rings. The summed E-state index contributed by atoms with van der Waals surface area (Å²) in [5.74, 6) is 1.30. The van der Waals surface area contributed by atoms with E-state index in [1.807, 2.05) is 84.9 Å². The zero-order chi connectivity index (χ0) is 52.4. The van der Waals surface area contributed by atoms with Crippen molar-refractivity contribution in [2.45, 2.75) is 0 Å². The van der Waals surface area contributed by atoms with E-state index in [-0.39, 0.29) is 0 Å². The van der Waals surface area contributed by atoms with Gasteiger partial charge in [-0.3, -0.25) is 0 Å². The van der Waals surface area contributed by atoms with Gasteiger partial charge in [-0.05, 0) is 105 Å². The molecule has 79 heavy (non-hydrogen) atoms. The van der Waals surface area contributed by atoms with E-state index in [1.54, 1.807) is 6.07 Å². The van der Waals surface area contributed by atoms with Crippen LogP contribution in [0.25, 0.3) is 145 Å². The minimum atomic E-state index is -0.537. The van der Waals surface area contributed by atoms with Gasteiger partial charge in [0.1, 0.15) is 0 Å². The van der Waals surface area contributed by atoms with Crippen LogP contribution < -0.4 is 5.63 Å². The molecule has 0 aliphatic heterocycles. The standard InChI is InChI=1S/C72H45N5O2/c78-67-45-60(72-74-70(50-27-15-5-16-28-50)73-71(75-72)51-29-17-6-18-30-51)68-65(76-61-35-31-52(46-19-7-1-8-20-46)41-56(61)57-42-53(32-36-62(57)76)47-21-9-2-10-22-47)39-40-66(69(68)79-67)77-63-37-33-54(48-23-11-3-12-24-48)43-58(63)59-44-55(34-38-64(59)77)49-25-13-4-14-26-49/h1-45H. The highest BCUT2D eigenvalue weighted by Gasteiger charge is 2.26. The molecule has 15 rings (SSSR count). The number of hydrogen-bond donors (Lipinski definition) is 0. The Bertz CT molecular complexity index is 4630. The van der Waals surface area contributed by atoms with Crippen molar-refractivity contribution in [1.29, 1.82) is 0 Å². The van der Waals surface area contributed by atoms with E-state index < -0.39 is 5.63 Å². The monoisotopic (exact) mass is 1010 g/mol. The van der Waals surface area contributed by atoms with Gasteiger partial charge in [-0.15, -0.1) is 0 Å². The van der Waals surface area contributed by atoms with E-state index in [0.717, 1.165) is 105 Å². The van der Waals surface area contributed by atoms with Crippen molar-refractivity contribution in [3.63, 3.8) is 0 Å². The summed E-state index contributed by atoms with van der Waals surface area (Å²) in [4.78, 5) is 30.4. The van der Waals surface area contributed by atoms with Crippen LogP contribution in [0.1, 0.15) is 0 Å². The predicted octanol–water partition coefficient (Wildman–Crippen LogP) is 17.8. The molecule has 0 radical (unpaired) electrons. The Hall–Kier alpha value is -10.8. The lowest BCUT2D eigenvalue weighted by molar-refractivity contribution is 0.560. The number of rotatable bonds is 9. The number of fused-ring (bicyclic) bond motifs is 7. The molecule has 0 aliphatic carbocycles. The lowest BCUT2D eigenvalue weighted by Crippen LogP contribution is -2.08. The number of hydrogen-bond acceptors (Lipinski definition) is 5. The van der Waals surface area contributed by atoms with Crippen LogP contribution in [0.5, 0.6) is 0 Å². The molecule has 7 heteroatoms. The first-order valence-electron chi connectivity index (χ1n) is 26.4. The molecule has 15 aromatic rings. The second-order valence-corrected chi connectivity index (χ2v) is 19.9. The highest BCUT2D eigenvalue weighted by Crippen LogP contribution is 2.45. The van der Waals surface area contributed by atoms with Crippen molar-refractivity contribution in [2.24, 2.45) is 0 Å². The average molecular weight is 1010 g/mol. The molecule has 0 saturated heterocycles. The van der Waals surface area contributed by atoms with Gasteiger partial charge in [0.05, 0.1) is 38.8 Å². The van der Waals surface area contributed by atoms with Crippen molar-refractivity contribution < 1.29 is 4.42 Å². The maximum absolute atomic E-state index is 14.8. The molecule has 0 atom stereocenters. The third-order valence-electron chi connectivity index (χ3n) is 15.2. The average Bonchev–Trinajstić information content (AvgIpc) is 4.18. The maximum atomic E-state index is 14.8. The van der Waals surface area contributed by atoms with Crippen LogP contribution in [0.4, 0.5) is 0 Å². The maximum Gasteiger partial charge on any atom is 0.337 e. The third-order valence-corrected chi connectivity index (χ3v) is 15.2. The number of nitrogens with zero attached hydrogens (tertiary/aromatic N) is 5. The van der Waals surface area contributed by atoms with Gasteiger partial charge >= 0.3 is 5.63 Å². The highest BCUT2D eigenvalue weighted by molar-refractivity contribution is 6.16. The molecular formula is C72H45N5O2. The molecule has 0 N–H and O–H groups in total. The van der Waals surface area contributed by atoms with Gasteiger partial charge in [0.15, 0.2) is 23.1 Å². The Kier molecular flexibility index (Phi) is 10.9. The first-order chi connectivity index (χ1) is 39.1. The van der Waals surface area contributed by atoms with Gasteiger partial charge in [0.2, 0.25) is 0 Å². The molecule has 0 bridgehead atoms. The van der Waals surface area contributed by atoms with Crippen molar-refractivity contribution >= 4 is 54.6 Å². The van der Waals surface area contributed by atoms with Gasteiger partial charge < -0.3 is 13.6 Å². The fourth-order valence-electron chi connectivity index (χ4n) is 11.5.